The maximum atomic E-state index is 12.5. The van der Waals surface area contributed by atoms with E-state index in [1.165, 1.54) is 4.90 Å². The fraction of sp³-hybridized carbons (Fsp3) is 0.389. The van der Waals surface area contributed by atoms with Crippen molar-refractivity contribution in [3.8, 4) is 5.75 Å². The summed E-state index contributed by atoms with van der Waals surface area (Å²) in [7, 11) is 1.65. The van der Waals surface area contributed by atoms with Crippen LogP contribution in [0, 0.1) is 0 Å². The Kier molecular flexibility index (Phi) is 3.64. The van der Waals surface area contributed by atoms with Crippen molar-refractivity contribution in [1.29, 1.82) is 0 Å². The molecule has 8 heteroatoms. The highest BCUT2D eigenvalue weighted by Gasteiger charge is 2.53. The lowest BCUT2D eigenvalue weighted by atomic mass is 10.1. The molecule has 0 aromatic heterocycles. The largest absolute Gasteiger partial charge is 0.492 e. The minimum Gasteiger partial charge on any atom is -0.492 e. The van der Waals surface area contributed by atoms with Gasteiger partial charge in [-0.3, -0.25) is 19.9 Å². The lowest BCUT2D eigenvalue weighted by Crippen LogP contribution is -2.63. The molecule has 1 N–H and O–H groups in total. The van der Waals surface area contributed by atoms with Crippen molar-refractivity contribution in [1.82, 2.24) is 15.1 Å². The summed E-state index contributed by atoms with van der Waals surface area (Å²) in [5.74, 6) is 1.05. The molecule has 1 fully saturated rings. The molecule has 136 valence electrons. The predicted octanol–water partition coefficient (Wildman–Crippen LogP) is 1.70. The van der Waals surface area contributed by atoms with E-state index >= 15 is 0 Å². The summed E-state index contributed by atoms with van der Waals surface area (Å²) in [5.41, 5.74) is 2.77. The van der Waals surface area contributed by atoms with E-state index < -0.39 is 18.2 Å². The highest BCUT2D eigenvalue weighted by Crippen LogP contribution is 2.41. The summed E-state index contributed by atoms with van der Waals surface area (Å²) in [6, 6.07) is 6.74. The van der Waals surface area contributed by atoms with Gasteiger partial charge in [0.1, 0.15) is 5.75 Å². The number of anilines is 1. The number of hydrogen-bond donors (Lipinski definition) is 1. The van der Waals surface area contributed by atoms with E-state index in [0.29, 0.717) is 12.6 Å². The van der Waals surface area contributed by atoms with Crippen LogP contribution in [0.5, 0.6) is 5.75 Å². The molecule has 26 heavy (non-hydrogen) atoms. The molecular formula is C18H21N5O3. The van der Waals surface area contributed by atoms with Gasteiger partial charge in [0.15, 0.2) is 12.2 Å². The molecule has 1 aromatic rings. The Bertz CT molecular complexity index is 862. The number of benzene rings is 1. The third kappa shape index (κ3) is 2.11. The highest BCUT2D eigenvalue weighted by atomic mass is 16.5. The molecule has 0 saturated carbocycles. The maximum Gasteiger partial charge on any atom is 0.325 e. The molecule has 3 aliphatic rings. The second kappa shape index (κ2) is 5.76. The zero-order valence-electron chi connectivity index (χ0n) is 15.2. The minimum absolute atomic E-state index is 0.330. The SMILES string of the molecule is CCOc1ccccc1N1C2=NC3C(C(=O)NC(=O)N3C)N2C(C)=C1C. The highest BCUT2D eigenvalue weighted by molar-refractivity contribution is 6.10. The number of fused-ring (bicyclic) bond motifs is 3. The Morgan fingerprint density at radius 2 is 1.92 bits per heavy atom. The monoisotopic (exact) mass is 355 g/mol. The number of imide groups is 1. The van der Waals surface area contributed by atoms with E-state index in [0.717, 1.165) is 22.8 Å². The molecule has 0 spiro atoms. The van der Waals surface area contributed by atoms with Crippen LogP contribution in [0.1, 0.15) is 20.8 Å². The lowest BCUT2D eigenvalue weighted by molar-refractivity contribution is -0.126. The Morgan fingerprint density at radius 1 is 1.19 bits per heavy atom. The summed E-state index contributed by atoms with van der Waals surface area (Å²) < 4.78 is 5.78. The van der Waals surface area contributed by atoms with Gasteiger partial charge in [-0.2, -0.15) is 0 Å². The van der Waals surface area contributed by atoms with E-state index in [9.17, 15) is 9.59 Å². The third-order valence-corrected chi connectivity index (χ3v) is 5.07. The normalized spacial score (nSPS) is 24.6. The second-order valence-electron chi connectivity index (χ2n) is 6.47. The number of hydrogen-bond acceptors (Lipinski definition) is 6. The van der Waals surface area contributed by atoms with E-state index in [1.54, 1.807) is 7.05 Å². The number of aliphatic imine (C=N–C) groups is 1. The van der Waals surface area contributed by atoms with Gasteiger partial charge in [-0.25, -0.2) is 9.79 Å². The topological polar surface area (TPSA) is 77.5 Å². The van der Waals surface area contributed by atoms with Gasteiger partial charge >= 0.3 is 6.03 Å². The standard InChI is InChI=1S/C18H21N5O3/c1-5-26-13-9-7-6-8-12(13)22-10(2)11(3)23-14-15(19-17(22)23)21(4)18(25)20-16(14)24/h6-9,14-15H,5H2,1-4H3,(H,20,24,25). The Hall–Kier alpha value is -3.03. The number of nitrogens with zero attached hydrogens (tertiary/aromatic N) is 4. The molecule has 1 aromatic carbocycles. The molecule has 3 heterocycles. The summed E-state index contributed by atoms with van der Waals surface area (Å²) in [6.45, 7) is 6.44. The molecule has 3 amide bonds. The number of likely N-dealkylation sites (N-methyl/N-ethyl adjacent to an activating group) is 1. The van der Waals surface area contributed by atoms with Gasteiger partial charge < -0.3 is 9.64 Å². The number of nitrogens with one attached hydrogen (secondary N) is 1. The van der Waals surface area contributed by atoms with E-state index in [4.69, 9.17) is 9.73 Å². The van der Waals surface area contributed by atoms with Gasteiger partial charge in [0.05, 0.1) is 12.3 Å². The quantitative estimate of drug-likeness (QED) is 0.893. The van der Waals surface area contributed by atoms with Crippen molar-refractivity contribution in [2.24, 2.45) is 4.99 Å². The summed E-state index contributed by atoms with van der Waals surface area (Å²) in [6.07, 6.45) is -0.545. The molecule has 0 aliphatic carbocycles. The average Bonchev–Trinajstić information content (AvgIpc) is 3.11. The van der Waals surface area contributed by atoms with Gasteiger partial charge in [-0.15, -0.1) is 0 Å². The fourth-order valence-electron chi connectivity index (χ4n) is 3.67. The van der Waals surface area contributed by atoms with Crippen LogP contribution in [0.2, 0.25) is 0 Å². The van der Waals surface area contributed by atoms with Crippen molar-refractivity contribution in [3.63, 3.8) is 0 Å². The Labute approximate surface area is 151 Å². The molecule has 2 unspecified atom stereocenters. The van der Waals surface area contributed by atoms with Gasteiger partial charge in [0.2, 0.25) is 5.96 Å². The first-order valence-electron chi connectivity index (χ1n) is 8.59. The molecule has 0 bridgehead atoms. The number of urea groups is 1. The lowest BCUT2D eigenvalue weighted by Gasteiger charge is -2.35. The zero-order valence-corrected chi connectivity index (χ0v) is 15.2. The van der Waals surface area contributed by atoms with Crippen molar-refractivity contribution in [2.45, 2.75) is 33.0 Å². The van der Waals surface area contributed by atoms with Crippen molar-refractivity contribution < 1.29 is 14.3 Å². The van der Waals surface area contributed by atoms with Crippen LogP contribution in [0.4, 0.5) is 10.5 Å². The first kappa shape index (κ1) is 16.4. The fourth-order valence-corrected chi connectivity index (χ4v) is 3.67. The molecule has 4 rings (SSSR count). The van der Waals surface area contributed by atoms with Gasteiger partial charge in [-0.05, 0) is 32.9 Å². The molecular weight excluding hydrogens is 334 g/mol. The van der Waals surface area contributed by atoms with E-state index in [2.05, 4.69) is 5.32 Å². The molecule has 8 nitrogen and oxygen atoms in total. The molecule has 2 atom stereocenters. The van der Waals surface area contributed by atoms with Gasteiger partial charge in [-0.1, -0.05) is 12.1 Å². The Morgan fingerprint density at radius 3 is 2.65 bits per heavy atom. The van der Waals surface area contributed by atoms with E-state index in [-0.39, 0.29) is 5.91 Å². The van der Waals surface area contributed by atoms with Crippen LogP contribution >= 0.6 is 0 Å². The second-order valence-corrected chi connectivity index (χ2v) is 6.47. The summed E-state index contributed by atoms with van der Waals surface area (Å²) in [5, 5.41) is 2.40. The average molecular weight is 355 g/mol. The predicted molar refractivity (Wildman–Crippen MR) is 96.6 cm³/mol. The minimum atomic E-state index is -0.563. The summed E-state index contributed by atoms with van der Waals surface area (Å²) >= 11 is 0. The van der Waals surface area contributed by atoms with Crippen molar-refractivity contribution in [3.05, 3.63) is 35.7 Å². The number of amides is 3. The van der Waals surface area contributed by atoms with Crippen LogP contribution in [0.15, 0.2) is 40.7 Å². The zero-order chi connectivity index (χ0) is 18.6. The first-order valence-corrected chi connectivity index (χ1v) is 8.59. The van der Waals surface area contributed by atoms with Gasteiger partial charge in [0, 0.05) is 18.4 Å². The number of allylic oxidation sites excluding steroid dienone is 2. The number of ether oxygens (including phenoxy) is 1. The van der Waals surface area contributed by atoms with Crippen LogP contribution < -0.4 is 15.0 Å². The van der Waals surface area contributed by atoms with E-state index in [1.807, 2.05) is 54.8 Å². The third-order valence-electron chi connectivity index (χ3n) is 5.07. The number of guanidine groups is 1. The number of rotatable bonds is 3. The maximum absolute atomic E-state index is 12.5. The number of para-hydroxylation sites is 2. The number of carbonyl (C=O) groups excluding carboxylic acids is 2. The summed E-state index contributed by atoms with van der Waals surface area (Å²) in [4.78, 5) is 34.6. The first-order chi connectivity index (χ1) is 12.5. The van der Waals surface area contributed by atoms with Crippen molar-refractivity contribution >= 4 is 23.6 Å². The van der Waals surface area contributed by atoms with Crippen LogP contribution in [0.3, 0.4) is 0 Å². The number of carbonyl (C=O) groups is 2. The smallest absolute Gasteiger partial charge is 0.325 e. The molecule has 0 radical (unpaired) electrons. The molecule has 3 aliphatic heterocycles. The van der Waals surface area contributed by atoms with Gasteiger partial charge in [0.25, 0.3) is 5.91 Å². The van der Waals surface area contributed by atoms with Crippen LogP contribution in [-0.4, -0.2) is 53.6 Å². The van der Waals surface area contributed by atoms with Crippen molar-refractivity contribution in [2.75, 3.05) is 18.6 Å². The molecule has 1 saturated heterocycles. The Balaban J connectivity index is 1.82. The van der Waals surface area contributed by atoms with Crippen LogP contribution in [-0.2, 0) is 4.79 Å². The van der Waals surface area contributed by atoms with Crippen LogP contribution in [0.25, 0.3) is 0 Å².